The maximum Gasteiger partial charge on any atom is 0.226 e. The monoisotopic (exact) mass is 295 g/mol. The Balaban J connectivity index is 1.73. The Morgan fingerprint density at radius 3 is 2.05 bits per heavy atom. The molecule has 1 amide bonds. The Hall–Kier alpha value is -0.610. The van der Waals surface area contributed by atoms with Gasteiger partial charge < -0.3 is 10.6 Å². The molecule has 4 heteroatoms. The van der Waals surface area contributed by atoms with Crippen LogP contribution >= 0.6 is 0 Å². The van der Waals surface area contributed by atoms with Crippen molar-refractivity contribution in [2.24, 2.45) is 22.5 Å². The van der Waals surface area contributed by atoms with E-state index in [9.17, 15) is 4.79 Å². The zero-order chi connectivity index (χ0) is 15.7. The quantitative estimate of drug-likeness (QED) is 0.762. The second-order valence-electron chi connectivity index (χ2n) is 7.89. The van der Waals surface area contributed by atoms with Gasteiger partial charge in [0, 0.05) is 32.1 Å². The highest BCUT2D eigenvalue weighted by atomic mass is 16.2. The molecule has 2 rings (SSSR count). The summed E-state index contributed by atoms with van der Waals surface area (Å²) in [6, 6.07) is 0. The van der Waals surface area contributed by atoms with Gasteiger partial charge in [0.15, 0.2) is 0 Å². The van der Waals surface area contributed by atoms with Crippen LogP contribution in [0.1, 0.15) is 47.0 Å². The molecule has 0 radical (unpaired) electrons. The van der Waals surface area contributed by atoms with Crippen LogP contribution in [-0.2, 0) is 4.79 Å². The zero-order valence-corrected chi connectivity index (χ0v) is 14.3. The fourth-order valence-electron chi connectivity index (χ4n) is 3.84. The van der Waals surface area contributed by atoms with E-state index in [1.807, 2.05) is 0 Å². The summed E-state index contributed by atoms with van der Waals surface area (Å²) in [7, 11) is 0. The molecule has 0 spiro atoms. The summed E-state index contributed by atoms with van der Waals surface area (Å²) in [5, 5.41) is 0. The summed E-state index contributed by atoms with van der Waals surface area (Å²) in [5.41, 5.74) is 5.83. The number of hydrogen-bond donors (Lipinski definition) is 1. The van der Waals surface area contributed by atoms with Crippen LogP contribution in [0.3, 0.4) is 0 Å². The Morgan fingerprint density at radius 2 is 1.57 bits per heavy atom. The van der Waals surface area contributed by atoms with Crippen LogP contribution in [0.15, 0.2) is 0 Å². The fourth-order valence-corrected chi connectivity index (χ4v) is 3.84. The van der Waals surface area contributed by atoms with Gasteiger partial charge in [-0.15, -0.1) is 0 Å². The average Bonchev–Trinajstić information content (AvgIpc) is 2.85. The third-order valence-electron chi connectivity index (χ3n) is 6.13. The summed E-state index contributed by atoms with van der Waals surface area (Å²) in [4.78, 5) is 17.3. The van der Waals surface area contributed by atoms with E-state index in [0.717, 1.165) is 45.7 Å². The smallest absolute Gasteiger partial charge is 0.226 e. The van der Waals surface area contributed by atoms with E-state index >= 15 is 0 Å². The molecule has 1 heterocycles. The van der Waals surface area contributed by atoms with Crippen molar-refractivity contribution in [2.75, 3.05) is 39.3 Å². The molecular weight excluding hydrogens is 262 g/mol. The lowest BCUT2D eigenvalue weighted by atomic mass is 10.0. The lowest BCUT2D eigenvalue weighted by Crippen LogP contribution is -2.49. The van der Waals surface area contributed by atoms with E-state index in [4.69, 9.17) is 5.73 Å². The van der Waals surface area contributed by atoms with Crippen molar-refractivity contribution >= 4 is 5.91 Å². The normalized spacial score (nSPS) is 25.1. The second-order valence-corrected chi connectivity index (χ2v) is 7.89. The maximum atomic E-state index is 12.7. The van der Waals surface area contributed by atoms with Gasteiger partial charge in [0.25, 0.3) is 0 Å². The maximum absolute atomic E-state index is 12.7. The van der Waals surface area contributed by atoms with Crippen LogP contribution in [0.5, 0.6) is 0 Å². The molecule has 21 heavy (non-hydrogen) atoms. The number of carbonyl (C=O) groups is 1. The summed E-state index contributed by atoms with van der Waals surface area (Å²) in [6.45, 7) is 14.7. The first-order valence-corrected chi connectivity index (χ1v) is 8.53. The second kappa shape index (κ2) is 6.25. The molecule has 4 nitrogen and oxygen atoms in total. The number of piperazine rings is 1. The van der Waals surface area contributed by atoms with Crippen LogP contribution in [0.25, 0.3) is 0 Å². The standard InChI is InChI=1S/C17H33N3O/c1-16(2)14(17(16,3)4)15(21)20-12-10-19(11-13-20)9-7-5-6-8-18/h14H,5-13,18H2,1-4H3. The average molecular weight is 295 g/mol. The Kier molecular flexibility index (Phi) is 4.99. The highest BCUT2D eigenvalue weighted by Gasteiger charge is 2.68. The molecule has 0 bridgehead atoms. The predicted molar refractivity (Wildman–Crippen MR) is 87.0 cm³/mol. The summed E-state index contributed by atoms with van der Waals surface area (Å²) in [6.07, 6.45) is 3.58. The van der Waals surface area contributed by atoms with Gasteiger partial charge >= 0.3 is 0 Å². The minimum absolute atomic E-state index is 0.156. The Labute approximate surface area is 130 Å². The predicted octanol–water partition coefficient (Wildman–Crippen LogP) is 1.94. The number of nitrogens with two attached hydrogens (primary N) is 1. The van der Waals surface area contributed by atoms with Gasteiger partial charge in [-0.05, 0) is 36.8 Å². The van der Waals surface area contributed by atoms with Crippen molar-refractivity contribution in [3.05, 3.63) is 0 Å². The minimum atomic E-state index is 0.156. The van der Waals surface area contributed by atoms with Crippen LogP contribution in [0.4, 0.5) is 0 Å². The SMILES string of the molecule is CC1(C)C(C(=O)N2CCN(CCCCCN)CC2)C1(C)C. The molecule has 0 aromatic heterocycles. The topological polar surface area (TPSA) is 49.6 Å². The third-order valence-corrected chi connectivity index (χ3v) is 6.13. The molecule has 1 saturated heterocycles. The summed E-state index contributed by atoms with van der Waals surface area (Å²) < 4.78 is 0. The van der Waals surface area contributed by atoms with Crippen molar-refractivity contribution in [3.8, 4) is 0 Å². The van der Waals surface area contributed by atoms with Crippen LogP contribution < -0.4 is 5.73 Å². The van der Waals surface area contributed by atoms with E-state index in [-0.39, 0.29) is 16.7 Å². The molecule has 1 aliphatic carbocycles. The Morgan fingerprint density at radius 1 is 1.00 bits per heavy atom. The third kappa shape index (κ3) is 3.26. The van der Waals surface area contributed by atoms with Gasteiger partial charge in [0.05, 0.1) is 0 Å². The van der Waals surface area contributed by atoms with Crippen LogP contribution in [0, 0.1) is 16.7 Å². The highest BCUT2D eigenvalue weighted by molar-refractivity contribution is 5.84. The van der Waals surface area contributed by atoms with Gasteiger partial charge in [-0.3, -0.25) is 9.69 Å². The minimum Gasteiger partial charge on any atom is -0.340 e. The fraction of sp³-hybridized carbons (Fsp3) is 0.941. The molecule has 1 aliphatic heterocycles. The van der Waals surface area contributed by atoms with Crippen LogP contribution in [-0.4, -0.2) is 55.0 Å². The number of hydrogen-bond acceptors (Lipinski definition) is 3. The number of rotatable bonds is 6. The van der Waals surface area contributed by atoms with Crippen LogP contribution in [0.2, 0.25) is 0 Å². The molecule has 0 unspecified atom stereocenters. The number of amides is 1. The van der Waals surface area contributed by atoms with Gasteiger partial charge in [-0.1, -0.05) is 34.1 Å². The van der Waals surface area contributed by atoms with E-state index < -0.39 is 0 Å². The highest BCUT2D eigenvalue weighted by Crippen LogP contribution is 2.68. The van der Waals surface area contributed by atoms with E-state index in [0.29, 0.717) is 5.91 Å². The molecule has 0 atom stereocenters. The van der Waals surface area contributed by atoms with Crippen molar-refractivity contribution in [1.82, 2.24) is 9.80 Å². The van der Waals surface area contributed by atoms with Crippen molar-refractivity contribution in [1.29, 1.82) is 0 Å². The van der Waals surface area contributed by atoms with Crippen molar-refractivity contribution in [3.63, 3.8) is 0 Å². The lowest BCUT2D eigenvalue weighted by molar-refractivity contribution is -0.135. The molecule has 1 saturated carbocycles. The molecule has 122 valence electrons. The van der Waals surface area contributed by atoms with Gasteiger partial charge in [0.1, 0.15) is 0 Å². The van der Waals surface area contributed by atoms with Crippen molar-refractivity contribution in [2.45, 2.75) is 47.0 Å². The lowest BCUT2D eigenvalue weighted by Gasteiger charge is -2.35. The van der Waals surface area contributed by atoms with Gasteiger partial charge in [-0.2, -0.15) is 0 Å². The first kappa shape index (κ1) is 16.8. The Bertz CT molecular complexity index is 356. The molecule has 2 aliphatic rings. The number of unbranched alkanes of at least 4 members (excludes halogenated alkanes) is 2. The molecule has 2 N–H and O–H groups in total. The van der Waals surface area contributed by atoms with E-state index in [1.165, 1.54) is 12.8 Å². The van der Waals surface area contributed by atoms with E-state index in [2.05, 4.69) is 37.5 Å². The number of carbonyl (C=O) groups excluding carboxylic acids is 1. The van der Waals surface area contributed by atoms with Gasteiger partial charge in [-0.25, -0.2) is 0 Å². The molecular formula is C17H33N3O. The van der Waals surface area contributed by atoms with E-state index in [1.54, 1.807) is 0 Å². The van der Waals surface area contributed by atoms with Gasteiger partial charge in [0.2, 0.25) is 5.91 Å². The molecule has 0 aromatic carbocycles. The first-order valence-electron chi connectivity index (χ1n) is 8.53. The molecule has 0 aromatic rings. The largest absolute Gasteiger partial charge is 0.340 e. The van der Waals surface area contributed by atoms with Crippen molar-refractivity contribution < 1.29 is 4.79 Å². The molecule has 2 fully saturated rings. The summed E-state index contributed by atoms with van der Waals surface area (Å²) in [5.74, 6) is 0.592. The first-order chi connectivity index (χ1) is 9.82. The number of nitrogens with zero attached hydrogens (tertiary/aromatic N) is 2. The zero-order valence-electron chi connectivity index (χ0n) is 14.3. The summed E-state index contributed by atoms with van der Waals surface area (Å²) >= 11 is 0.